The van der Waals surface area contributed by atoms with Crippen LogP contribution in [0.5, 0.6) is 11.6 Å². The molecule has 2 heterocycles. The third-order valence-electron chi connectivity index (χ3n) is 5.21. The van der Waals surface area contributed by atoms with Crippen molar-refractivity contribution in [3.8, 4) is 17.7 Å². The van der Waals surface area contributed by atoms with Gasteiger partial charge in [0.05, 0.1) is 4.88 Å². The monoisotopic (exact) mass is 482 g/mol. The van der Waals surface area contributed by atoms with Gasteiger partial charge in [0.25, 0.3) is 5.91 Å². The predicted octanol–water partition coefficient (Wildman–Crippen LogP) is 5.10. The number of pyridine rings is 1. The molecule has 2 N–H and O–H groups in total. The van der Waals surface area contributed by atoms with Crippen molar-refractivity contribution in [3.05, 3.63) is 106 Å². The molecule has 1 unspecified atom stereocenters. The number of nitriles is 1. The van der Waals surface area contributed by atoms with Gasteiger partial charge in [-0.05, 0) is 59.8 Å². The first kappa shape index (κ1) is 23.7. The molecule has 2 amide bonds. The number of hydrogen-bond donors (Lipinski definition) is 2. The van der Waals surface area contributed by atoms with Crippen molar-refractivity contribution < 1.29 is 14.3 Å². The van der Waals surface area contributed by atoms with E-state index in [0.29, 0.717) is 28.3 Å². The summed E-state index contributed by atoms with van der Waals surface area (Å²) in [6.07, 6.45) is 1.90. The molecule has 0 fully saturated rings. The zero-order valence-corrected chi connectivity index (χ0v) is 19.7. The SMILES string of the molecule is Cc1cc(Oc2ncccc2C#N)ccc1NC(=O)C(Cc1ccccc1)NC(=O)c1cccs1. The van der Waals surface area contributed by atoms with E-state index in [1.807, 2.05) is 48.7 Å². The molecule has 8 heteroatoms. The molecule has 35 heavy (non-hydrogen) atoms. The van der Waals surface area contributed by atoms with Crippen LogP contribution in [0, 0.1) is 18.3 Å². The average molecular weight is 483 g/mol. The highest BCUT2D eigenvalue weighted by molar-refractivity contribution is 7.12. The molecule has 0 spiro atoms. The Morgan fingerprint density at radius 2 is 1.91 bits per heavy atom. The normalized spacial score (nSPS) is 11.2. The van der Waals surface area contributed by atoms with Crippen molar-refractivity contribution in [1.82, 2.24) is 10.3 Å². The lowest BCUT2D eigenvalue weighted by Gasteiger charge is -2.19. The number of anilines is 1. The number of carbonyl (C=O) groups is 2. The molecule has 0 bridgehead atoms. The van der Waals surface area contributed by atoms with Crippen LogP contribution in [0.4, 0.5) is 5.69 Å². The maximum Gasteiger partial charge on any atom is 0.262 e. The zero-order valence-electron chi connectivity index (χ0n) is 18.9. The molecule has 0 aliphatic heterocycles. The molecule has 1 atom stereocenters. The molecule has 0 aliphatic carbocycles. The fourth-order valence-electron chi connectivity index (χ4n) is 3.42. The number of nitrogens with one attached hydrogen (secondary N) is 2. The van der Waals surface area contributed by atoms with Gasteiger partial charge in [0, 0.05) is 18.3 Å². The maximum absolute atomic E-state index is 13.2. The third-order valence-corrected chi connectivity index (χ3v) is 6.08. The van der Waals surface area contributed by atoms with Crippen LogP contribution in [0.25, 0.3) is 0 Å². The Kier molecular flexibility index (Phi) is 7.50. The van der Waals surface area contributed by atoms with Crippen molar-refractivity contribution >= 4 is 28.8 Å². The fourth-order valence-corrected chi connectivity index (χ4v) is 4.05. The molecule has 0 radical (unpaired) electrons. The summed E-state index contributed by atoms with van der Waals surface area (Å²) in [5.74, 6) is 0.0835. The first-order chi connectivity index (χ1) is 17.0. The van der Waals surface area contributed by atoms with Crippen molar-refractivity contribution in [3.63, 3.8) is 0 Å². The van der Waals surface area contributed by atoms with Crippen LogP contribution < -0.4 is 15.4 Å². The number of ether oxygens (including phenoxy) is 1. The lowest BCUT2D eigenvalue weighted by Crippen LogP contribution is -2.45. The number of nitrogens with zero attached hydrogens (tertiary/aromatic N) is 2. The minimum atomic E-state index is -0.769. The zero-order chi connectivity index (χ0) is 24.6. The Morgan fingerprint density at radius 3 is 2.63 bits per heavy atom. The first-order valence-electron chi connectivity index (χ1n) is 10.9. The predicted molar refractivity (Wildman–Crippen MR) is 135 cm³/mol. The topological polar surface area (TPSA) is 104 Å². The summed E-state index contributed by atoms with van der Waals surface area (Å²) in [6.45, 7) is 1.84. The largest absolute Gasteiger partial charge is 0.438 e. The van der Waals surface area contributed by atoms with Crippen LogP contribution in [0.2, 0.25) is 0 Å². The van der Waals surface area contributed by atoms with Crippen LogP contribution in [0.3, 0.4) is 0 Å². The van der Waals surface area contributed by atoms with Crippen LogP contribution in [-0.2, 0) is 11.2 Å². The van der Waals surface area contributed by atoms with Crippen LogP contribution in [-0.4, -0.2) is 22.8 Å². The van der Waals surface area contributed by atoms with Crippen LogP contribution in [0.1, 0.15) is 26.4 Å². The van der Waals surface area contributed by atoms with Gasteiger partial charge >= 0.3 is 0 Å². The number of aryl methyl sites for hydroxylation is 1. The summed E-state index contributed by atoms with van der Waals surface area (Å²) in [6, 6.07) is 22.8. The van der Waals surface area contributed by atoms with Gasteiger partial charge in [0.1, 0.15) is 23.4 Å². The van der Waals surface area contributed by atoms with Crippen molar-refractivity contribution in [2.45, 2.75) is 19.4 Å². The maximum atomic E-state index is 13.2. The van der Waals surface area contributed by atoms with E-state index in [9.17, 15) is 14.9 Å². The molecule has 7 nitrogen and oxygen atoms in total. The molecular weight excluding hydrogens is 460 g/mol. The second kappa shape index (κ2) is 11.1. The van der Waals surface area contributed by atoms with Gasteiger partial charge in [0.2, 0.25) is 11.8 Å². The quantitative estimate of drug-likeness (QED) is 0.364. The van der Waals surface area contributed by atoms with Crippen LogP contribution in [0.15, 0.2) is 84.4 Å². The van der Waals surface area contributed by atoms with Gasteiger partial charge in [0.15, 0.2) is 0 Å². The second-order valence-corrected chi connectivity index (χ2v) is 8.68. The van der Waals surface area contributed by atoms with E-state index in [1.165, 1.54) is 11.3 Å². The van der Waals surface area contributed by atoms with Crippen molar-refractivity contribution in [1.29, 1.82) is 5.26 Å². The Balaban J connectivity index is 1.50. The lowest BCUT2D eigenvalue weighted by molar-refractivity contribution is -0.118. The Morgan fingerprint density at radius 1 is 1.09 bits per heavy atom. The van der Waals surface area contributed by atoms with E-state index < -0.39 is 6.04 Å². The van der Waals surface area contributed by atoms with Crippen molar-refractivity contribution in [2.75, 3.05) is 5.32 Å². The number of hydrogen-bond acceptors (Lipinski definition) is 6. The number of carbonyl (C=O) groups excluding carboxylic acids is 2. The number of rotatable bonds is 8. The van der Waals surface area contributed by atoms with E-state index in [4.69, 9.17) is 4.74 Å². The summed E-state index contributed by atoms with van der Waals surface area (Å²) >= 11 is 1.32. The van der Waals surface area contributed by atoms with E-state index in [0.717, 1.165) is 11.1 Å². The standard InChI is InChI=1S/C27H22N4O3S/c1-18-15-21(34-27-20(17-28)9-5-13-29-27)11-12-22(18)30-25(32)23(16-19-7-3-2-4-8-19)31-26(33)24-10-6-14-35-24/h2-15,23H,16H2,1H3,(H,30,32)(H,31,33). The highest BCUT2D eigenvalue weighted by Crippen LogP contribution is 2.27. The summed E-state index contributed by atoms with van der Waals surface area (Å²) in [4.78, 5) is 30.6. The number of aromatic nitrogens is 1. The van der Waals surface area contributed by atoms with Gasteiger partial charge in [-0.2, -0.15) is 5.26 Å². The molecule has 174 valence electrons. The van der Waals surface area contributed by atoms with Gasteiger partial charge in [-0.1, -0.05) is 36.4 Å². The van der Waals surface area contributed by atoms with Gasteiger partial charge in [-0.25, -0.2) is 4.98 Å². The van der Waals surface area contributed by atoms with E-state index >= 15 is 0 Å². The van der Waals surface area contributed by atoms with Gasteiger partial charge in [-0.3, -0.25) is 9.59 Å². The summed E-state index contributed by atoms with van der Waals surface area (Å²) in [5.41, 5.74) is 2.61. The molecule has 0 saturated heterocycles. The summed E-state index contributed by atoms with van der Waals surface area (Å²) in [5, 5.41) is 16.8. The minimum absolute atomic E-state index is 0.213. The average Bonchev–Trinajstić information content (AvgIpc) is 3.41. The lowest BCUT2D eigenvalue weighted by atomic mass is 10.0. The highest BCUT2D eigenvalue weighted by atomic mass is 32.1. The number of benzene rings is 2. The van der Waals surface area contributed by atoms with Gasteiger partial charge in [-0.15, -0.1) is 11.3 Å². The van der Waals surface area contributed by atoms with Gasteiger partial charge < -0.3 is 15.4 Å². The molecule has 0 aliphatic rings. The molecular formula is C27H22N4O3S. The van der Waals surface area contributed by atoms with E-state index in [1.54, 1.807) is 48.7 Å². The minimum Gasteiger partial charge on any atom is -0.438 e. The molecule has 4 aromatic rings. The Bertz CT molecular complexity index is 1360. The smallest absolute Gasteiger partial charge is 0.262 e. The molecule has 4 rings (SSSR count). The van der Waals surface area contributed by atoms with E-state index in [2.05, 4.69) is 15.6 Å². The number of thiophene rings is 1. The fraction of sp³-hybridized carbons (Fsp3) is 0.111. The molecule has 0 saturated carbocycles. The Hall–Kier alpha value is -4.48. The third kappa shape index (κ3) is 6.10. The second-order valence-electron chi connectivity index (χ2n) is 7.73. The van der Waals surface area contributed by atoms with Crippen LogP contribution >= 0.6 is 11.3 Å². The highest BCUT2D eigenvalue weighted by Gasteiger charge is 2.23. The molecule has 2 aromatic carbocycles. The Labute approximate surface area is 207 Å². The number of amides is 2. The summed E-state index contributed by atoms with van der Waals surface area (Å²) in [7, 11) is 0. The first-order valence-corrected chi connectivity index (χ1v) is 11.7. The van der Waals surface area contributed by atoms with E-state index in [-0.39, 0.29) is 17.7 Å². The summed E-state index contributed by atoms with van der Waals surface area (Å²) < 4.78 is 5.76. The van der Waals surface area contributed by atoms with Crippen molar-refractivity contribution in [2.24, 2.45) is 0 Å². The molecule has 2 aromatic heterocycles.